The molecule has 84 heavy (non-hydrogen) atoms. The van der Waals surface area contributed by atoms with Gasteiger partial charge in [-0.1, -0.05) is 251 Å². The summed E-state index contributed by atoms with van der Waals surface area (Å²) in [6.45, 7) is 1.75. The van der Waals surface area contributed by atoms with Gasteiger partial charge in [0.1, 0.15) is 73.2 Å². The second-order valence-corrected chi connectivity index (χ2v) is 24.7. The van der Waals surface area contributed by atoms with Crippen molar-refractivity contribution >= 4 is 5.91 Å². The van der Waals surface area contributed by atoms with E-state index in [1.54, 1.807) is 6.08 Å². The van der Waals surface area contributed by atoms with E-state index < -0.39 is 124 Å². The van der Waals surface area contributed by atoms with Crippen LogP contribution in [0.4, 0.5) is 0 Å². The normalized spacial score (nSPS) is 29.2. The Balaban J connectivity index is 1.42. The number of rotatable bonds is 52. The lowest BCUT2D eigenvalue weighted by Crippen LogP contribution is -2.66. The minimum Gasteiger partial charge on any atom is -0.394 e. The van der Waals surface area contributed by atoms with Crippen molar-refractivity contribution in [1.29, 1.82) is 0 Å². The maximum atomic E-state index is 13.4. The van der Waals surface area contributed by atoms with Gasteiger partial charge in [-0.3, -0.25) is 4.79 Å². The van der Waals surface area contributed by atoms with E-state index in [-0.39, 0.29) is 18.9 Å². The monoisotopic (exact) mass is 1210 g/mol. The molecule has 0 aromatic heterocycles. The third-order valence-corrected chi connectivity index (χ3v) is 17.3. The number of carbonyl (C=O) groups excluding carboxylic acids is 1. The SMILES string of the molecule is CCCCCCCCCCCCCC/C=C/C(O)C(COC1OC(CO)C(OC2OC(CO)C(OC3OC(CO)C(O)C(O)C3O)C(O)C2O)C(O)C1O)NC(=O)CCCCCCCCCCCCCCCCCCCCCCCCCCC. The maximum absolute atomic E-state index is 13.4. The Bertz CT molecular complexity index is 1580. The third kappa shape index (κ3) is 30.8. The highest BCUT2D eigenvalue weighted by Gasteiger charge is 2.53. The number of hydrogen-bond donors (Lipinski definition) is 12. The Morgan fingerprint density at radius 3 is 1.12 bits per heavy atom. The smallest absolute Gasteiger partial charge is 0.220 e. The molecular weight excluding hydrogens is 1080 g/mol. The number of amides is 1. The van der Waals surface area contributed by atoms with Crippen molar-refractivity contribution in [3.63, 3.8) is 0 Å². The second-order valence-electron chi connectivity index (χ2n) is 24.7. The van der Waals surface area contributed by atoms with E-state index in [0.29, 0.717) is 6.42 Å². The summed E-state index contributed by atoms with van der Waals surface area (Å²) >= 11 is 0. The van der Waals surface area contributed by atoms with Crippen molar-refractivity contribution < 1.29 is 89.4 Å². The molecule has 3 fully saturated rings. The lowest BCUT2D eigenvalue weighted by molar-refractivity contribution is -0.379. The molecule has 3 saturated heterocycles. The first-order valence-electron chi connectivity index (χ1n) is 33.9. The molecule has 3 heterocycles. The van der Waals surface area contributed by atoms with Crippen LogP contribution in [0.2, 0.25) is 0 Å². The number of ether oxygens (including phenoxy) is 6. The molecule has 0 bridgehead atoms. The van der Waals surface area contributed by atoms with Gasteiger partial charge in [0.05, 0.1) is 38.6 Å². The lowest BCUT2D eigenvalue weighted by Gasteiger charge is -2.48. The molecule has 19 heteroatoms. The van der Waals surface area contributed by atoms with Crippen molar-refractivity contribution in [2.75, 3.05) is 26.4 Å². The summed E-state index contributed by atoms with van der Waals surface area (Å²) in [5.41, 5.74) is 0. The fourth-order valence-electron chi connectivity index (χ4n) is 11.8. The number of unbranched alkanes of at least 4 members (excludes halogenated alkanes) is 36. The van der Waals surface area contributed by atoms with Crippen molar-refractivity contribution in [1.82, 2.24) is 5.32 Å². The predicted molar refractivity (Wildman–Crippen MR) is 323 cm³/mol. The zero-order valence-electron chi connectivity index (χ0n) is 52.2. The first kappa shape index (κ1) is 76.8. The molecule has 12 N–H and O–H groups in total. The first-order valence-corrected chi connectivity index (χ1v) is 33.9. The van der Waals surface area contributed by atoms with Gasteiger partial charge in [0, 0.05) is 6.42 Å². The molecular formula is C65H123NO18. The van der Waals surface area contributed by atoms with Crippen LogP contribution in [0.15, 0.2) is 12.2 Å². The summed E-state index contributed by atoms with van der Waals surface area (Å²) < 4.78 is 34.3. The molecule has 0 aliphatic carbocycles. The molecule has 0 saturated carbocycles. The molecule has 0 radical (unpaired) electrons. The zero-order chi connectivity index (χ0) is 61.2. The maximum Gasteiger partial charge on any atom is 0.220 e. The molecule has 3 rings (SSSR count). The van der Waals surface area contributed by atoms with Crippen molar-refractivity contribution in [2.45, 2.75) is 369 Å². The predicted octanol–water partition coefficient (Wildman–Crippen LogP) is 8.11. The largest absolute Gasteiger partial charge is 0.394 e. The summed E-state index contributed by atoms with van der Waals surface area (Å²) in [5, 5.41) is 120. The lowest BCUT2D eigenvalue weighted by atomic mass is 9.96. The molecule has 0 aromatic carbocycles. The van der Waals surface area contributed by atoms with Gasteiger partial charge in [-0.15, -0.1) is 0 Å². The minimum atomic E-state index is -1.97. The van der Waals surface area contributed by atoms with Crippen molar-refractivity contribution in [3.8, 4) is 0 Å². The van der Waals surface area contributed by atoms with Crippen LogP contribution in [-0.4, -0.2) is 193 Å². The van der Waals surface area contributed by atoms with Gasteiger partial charge >= 0.3 is 0 Å². The highest BCUT2D eigenvalue weighted by Crippen LogP contribution is 2.33. The zero-order valence-corrected chi connectivity index (χ0v) is 52.2. The molecule has 0 aromatic rings. The quantitative estimate of drug-likeness (QED) is 0.0202. The Morgan fingerprint density at radius 1 is 0.417 bits per heavy atom. The summed E-state index contributed by atoms with van der Waals surface area (Å²) in [4.78, 5) is 13.4. The molecule has 19 nitrogen and oxygen atoms in total. The van der Waals surface area contributed by atoms with Gasteiger partial charge in [0.15, 0.2) is 18.9 Å². The van der Waals surface area contributed by atoms with Crippen molar-refractivity contribution in [3.05, 3.63) is 12.2 Å². The topological polar surface area (TPSA) is 307 Å². The average Bonchev–Trinajstić information content (AvgIpc) is 2.99. The van der Waals surface area contributed by atoms with Crippen LogP contribution >= 0.6 is 0 Å². The van der Waals surface area contributed by atoms with Crippen LogP contribution in [0.25, 0.3) is 0 Å². The molecule has 17 atom stereocenters. The average molecular weight is 1210 g/mol. The van der Waals surface area contributed by atoms with Crippen LogP contribution in [0.5, 0.6) is 0 Å². The Kier molecular flexibility index (Phi) is 44.2. The van der Waals surface area contributed by atoms with Gasteiger partial charge in [0.25, 0.3) is 0 Å². The number of allylic oxidation sites excluding steroid dienone is 1. The van der Waals surface area contributed by atoms with Crippen LogP contribution in [0.3, 0.4) is 0 Å². The molecule has 3 aliphatic rings. The third-order valence-electron chi connectivity index (χ3n) is 17.3. The molecule has 17 unspecified atom stereocenters. The van der Waals surface area contributed by atoms with E-state index in [9.17, 15) is 61.0 Å². The van der Waals surface area contributed by atoms with Crippen LogP contribution < -0.4 is 5.32 Å². The van der Waals surface area contributed by atoms with Crippen LogP contribution in [-0.2, 0) is 33.2 Å². The van der Waals surface area contributed by atoms with E-state index in [1.807, 2.05) is 6.08 Å². The van der Waals surface area contributed by atoms with E-state index in [0.717, 1.165) is 44.9 Å². The van der Waals surface area contributed by atoms with E-state index >= 15 is 0 Å². The number of hydrogen-bond acceptors (Lipinski definition) is 18. The summed E-state index contributed by atoms with van der Waals surface area (Å²) in [6, 6.07) is -0.967. The van der Waals surface area contributed by atoms with Gasteiger partial charge in [0.2, 0.25) is 5.91 Å². The van der Waals surface area contributed by atoms with Gasteiger partial charge in [-0.25, -0.2) is 0 Å². The van der Waals surface area contributed by atoms with Gasteiger partial charge in [-0.2, -0.15) is 0 Å². The number of aliphatic hydroxyl groups is 11. The van der Waals surface area contributed by atoms with E-state index in [4.69, 9.17) is 28.4 Å². The molecule has 496 valence electrons. The Morgan fingerprint density at radius 2 is 0.738 bits per heavy atom. The molecule has 1 amide bonds. The first-order chi connectivity index (χ1) is 40.8. The number of nitrogens with one attached hydrogen (secondary N) is 1. The second kappa shape index (κ2) is 48.4. The molecule has 0 spiro atoms. The van der Waals surface area contributed by atoms with Crippen LogP contribution in [0, 0.1) is 0 Å². The highest BCUT2D eigenvalue weighted by molar-refractivity contribution is 5.76. The fourth-order valence-corrected chi connectivity index (χ4v) is 11.8. The Hall–Kier alpha value is -1.47. The summed E-state index contributed by atoms with van der Waals surface area (Å²) in [6.07, 6.45) is 24.8. The highest BCUT2D eigenvalue weighted by atomic mass is 16.8. The molecule has 3 aliphatic heterocycles. The van der Waals surface area contributed by atoms with E-state index in [1.165, 1.54) is 193 Å². The van der Waals surface area contributed by atoms with Crippen LogP contribution in [0.1, 0.15) is 264 Å². The Labute approximate surface area is 506 Å². The number of carbonyl (C=O) groups is 1. The van der Waals surface area contributed by atoms with E-state index in [2.05, 4.69) is 19.2 Å². The summed E-state index contributed by atoms with van der Waals surface area (Å²) in [7, 11) is 0. The minimum absolute atomic E-state index is 0.250. The number of aliphatic hydroxyl groups excluding tert-OH is 11. The summed E-state index contributed by atoms with van der Waals surface area (Å²) in [5.74, 6) is -0.270. The van der Waals surface area contributed by atoms with Gasteiger partial charge in [-0.05, 0) is 19.3 Å². The van der Waals surface area contributed by atoms with Crippen molar-refractivity contribution in [2.24, 2.45) is 0 Å². The van der Waals surface area contributed by atoms with Gasteiger partial charge < -0.3 is 89.9 Å². The fraction of sp³-hybridized carbons (Fsp3) is 0.954. The standard InChI is InChI=1S/C65H123NO18/c1-3-5-7-9-11-13-15-17-19-20-21-22-23-24-25-26-27-28-29-31-33-35-37-39-41-43-53(71)66-48(49(70)42-40-38-36-34-32-30-18-16-14-12-10-8-6-4-2)47-79-63-59(77)56(74)61(51(45-68)81-63)84-65-60(78)57(75)62(52(46-69)82-65)83-64-58(76)55(73)54(72)50(44-67)80-64/h40,42,48-52,54-65,67-70,72-78H,3-39,41,43-47H2,1-2H3,(H,66,71)/b42-40+.